The van der Waals surface area contributed by atoms with Crippen LogP contribution < -0.4 is 10.6 Å². The van der Waals surface area contributed by atoms with Gasteiger partial charge in [-0.2, -0.15) is 0 Å². The summed E-state index contributed by atoms with van der Waals surface area (Å²) in [4.78, 5) is 2.52. The molecule has 0 radical (unpaired) electrons. The molecule has 1 saturated heterocycles. The number of rotatable bonds is 5. The fourth-order valence-electron chi connectivity index (χ4n) is 2.37. The third kappa shape index (κ3) is 4.80. The van der Waals surface area contributed by atoms with Gasteiger partial charge in [0.2, 0.25) is 0 Å². The smallest absolute Gasteiger partial charge is 0.166 e. The predicted octanol–water partition coefficient (Wildman–Crippen LogP) is 2.27. The van der Waals surface area contributed by atoms with E-state index in [9.17, 15) is 0 Å². The summed E-state index contributed by atoms with van der Waals surface area (Å²) in [6.45, 7) is 7.28. The van der Waals surface area contributed by atoms with Crippen LogP contribution >= 0.6 is 12.2 Å². The first-order valence-corrected chi connectivity index (χ1v) is 7.50. The number of hydrogen-bond donors (Lipinski definition) is 2. The molecule has 0 spiro atoms. The Labute approximate surface area is 121 Å². The second-order valence-corrected chi connectivity index (χ2v) is 5.42. The molecule has 3 nitrogen and oxygen atoms in total. The maximum absolute atomic E-state index is 5.14. The average molecular weight is 277 g/mol. The topological polar surface area (TPSA) is 27.3 Å². The fraction of sp³-hybridized carbons (Fsp3) is 0.533. The maximum Gasteiger partial charge on any atom is 0.166 e. The minimum absolute atomic E-state index is 0.726. The summed E-state index contributed by atoms with van der Waals surface area (Å²) in [5.41, 5.74) is 2.67. The van der Waals surface area contributed by atoms with Crippen LogP contribution in [0.15, 0.2) is 24.3 Å². The van der Waals surface area contributed by atoms with Crippen LogP contribution in [0.2, 0.25) is 0 Å². The highest BCUT2D eigenvalue weighted by atomic mass is 32.1. The van der Waals surface area contributed by atoms with Gasteiger partial charge in [0, 0.05) is 19.6 Å². The highest BCUT2D eigenvalue weighted by molar-refractivity contribution is 7.80. The van der Waals surface area contributed by atoms with Gasteiger partial charge in [-0.1, -0.05) is 24.3 Å². The van der Waals surface area contributed by atoms with Crippen molar-refractivity contribution in [2.75, 3.05) is 19.6 Å². The minimum Gasteiger partial charge on any atom is -0.363 e. The summed E-state index contributed by atoms with van der Waals surface area (Å²) in [6, 6.07) is 8.83. The lowest BCUT2D eigenvalue weighted by Gasteiger charge is -2.15. The van der Waals surface area contributed by atoms with Crippen molar-refractivity contribution in [3.63, 3.8) is 0 Å². The first kappa shape index (κ1) is 14.3. The van der Waals surface area contributed by atoms with Gasteiger partial charge in [0.05, 0.1) is 0 Å². The normalized spacial score (nSPS) is 15.4. The van der Waals surface area contributed by atoms with E-state index in [0.29, 0.717) is 0 Å². The molecule has 2 N–H and O–H groups in total. The summed E-state index contributed by atoms with van der Waals surface area (Å²) in [5.74, 6) is 0. The van der Waals surface area contributed by atoms with Crippen molar-refractivity contribution in [2.45, 2.75) is 32.9 Å². The number of nitrogens with zero attached hydrogens (tertiary/aromatic N) is 1. The molecule has 1 heterocycles. The molecule has 1 aromatic rings. The van der Waals surface area contributed by atoms with Gasteiger partial charge >= 0.3 is 0 Å². The van der Waals surface area contributed by atoms with Gasteiger partial charge in [0.1, 0.15) is 0 Å². The molecule has 0 amide bonds. The van der Waals surface area contributed by atoms with Crippen LogP contribution in [-0.4, -0.2) is 29.6 Å². The molecule has 1 aliphatic rings. The molecule has 0 atom stereocenters. The van der Waals surface area contributed by atoms with E-state index < -0.39 is 0 Å². The van der Waals surface area contributed by atoms with Crippen molar-refractivity contribution in [2.24, 2.45) is 0 Å². The van der Waals surface area contributed by atoms with Crippen molar-refractivity contribution < 1.29 is 0 Å². The molecule has 2 rings (SSSR count). The number of benzene rings is 1. The van der Waals surface area contributed by atoms with Crippen molar-refractivity contribution in [3.05, 3.63) is 35.4 Å². The van der Waals surface area contributed by atoms with Gasteiger partial charge in [0.25, 0.3) is 0 Å². The first-order valence-electron chi connectivity index (χ1n) is 7.10. The summed E-state index contributed by atoms with van der Waals surface area (Å²) >= 11 is 5.14. The number of nitrogens with one attached hydrogen (secondary N) is 2. The largest absolute Gasteiger partial charge is 0.363 e. The van der Waals surface area contributed by atoms with Crippen LogP contribution in [0.25, 0.3) is 0 Å². The average Bonchev–Trinajstić information content (AvgIpc) is 2.91. The van der Waals surface area contributed by atoms with Crippen LogP contribution in [0.3, 0.4) is 0 Å². The highest BCUT2D eigenvalue weighted by Crippen LogP contribution is 2.13. The molecular weight excluding hydrogens is 254 g/mol. The Balaban J connectivity index is 1.79. The molecule has 1 aliphatic heterocycles. The Bertz CT molecular complexity index is 396. The Morgan fingerprint density at radius 3 is 2.37 bits per heavy atom. The van der Waals surface area contributed by atoms with Crippen LogP contribution in [0.1, 0.15) is 30.9 Å². The third-order valence-corrected chi connectivity index (χ3v) is 3.71. The molecule has 4 heteroatoms. The highest BCUT2D eigenvalue weighted by Gasteiger charge is 2.11. The van der Waals surface area contributed by atoms with Crippen molar-refractivity contribution in [3.8, 4) is 0 Å². The Kier molecular flexibility index (Phi) is 5.61. The summed E-state index contributed by atoms with van der Waals surface area (Å²) in [6.07, 6.45) is 2.70. The zero-order chi connectivity index (χ0) is 13.5. The predicted molar refractivity (Wildman–Crippen MR) is 84.1 cm³/mol. The molecule has 104 valence electrons. The van der Waals surface area contributed by atoms with Crippen molar-refractivity contribution >= 4 is 17.3 Å². The number of hydrogen-bond acceptors (Lipinski definition) is 2. The first-order chi connectivity index (χ1) is 9.28. The fourth-order valence-corrected chi connectivity index (χ4v) is 2.58. The Morgan fingerprint density at radius 1 is 1.11 bits per heavy atom. The molecule has 0 unspecified atom stereocenters. The summed E-state index contributed by atoms with van der Waals surface area (Å²) < 4.78 is 0. The van der Waals surface area contributed by atoms with Gasteiger partial charge in [-0.3, -0.25) is 4.90 Å². The van der Waals surface area contributed by atoms with E-state index in [2.05, 4.69) is 39.8 Å². The molecule has 1 aromatic carbocycles. The molecule has 1 fully saturated rings. The van der Waals surface area contributed by atoms with Crippen LogP contribution in [-0.2, 0) is 13.1 Å². The Morgan fingerprint density at radius 2 is 1.74 bits per heavy atom. The SMILES string of the molecule is CCNC(=S)NCc1ccc(CN2CCCC2)cc1. The van der Waals surface area contributed by atoms with Crippen LogP contribution in [0, 0.1) is 0 Å². The summed E-state index contributed by atoms with van der Waals surface area (Å²) in [7, 11) is 0. The van der Waals surface area contributed by atoms with E-state index >= 15 is 0 Å². The molecular formula is C15H23N3S. The van der Waals surface area contributed by atoms with Gasteiger partial charge in [-0.15, -0.1) is 0 Å². The van der Waals surface area contributed by atoms with Gasteiger partial charge in [-0.05, 0) is 56.2 Å². The summed E-state index contributed by atoms with van der Waals surface area (Å²) in [5, 5.41) is 7.02. The van der Waals surface area contributed by atoms with E-state index in [1.807, 2.05) is 6.92 Å². The lowest BCUT2D eigenvalue weighted by atomic mass is 10.1. The van der Waals surface area contributed by atoms with Gasteiger partial charge < -0.3 is 10.6 Å². The van der Waals surface area contributed by atoms with E-state index in [1.54, 1.807) is 0 Å². The molecule has 0 aliphatic carbocycles. The second-order valence-electron chi connectivity index (χ2n) is 5.01. The van der Waals surface area contributed by atoms with Crippen molar-refractivity contribution in [1.29, 1.82) is 0 Å². The maximum atomic E-state index is 5.14. The molecule has 19 heavy (non-hydrogen) atoms. The number of thiocarbonyl (C=S) groups is 1. The van der Waals surface area contributed by atoms with E-state index in [0.717, 1.165) is 24.7 Å². The second kappa shape index (κ2) is 7.46. The van der Waals surface area contributed by atoms with Gasteiger partial charge in [0.15, 0.2) is 5.11 Å². The zero-order valence-electron chi connectivity index (χ0n) is 11.6. The van der Waals surface area contributed by atoms with Crippen LogP contribution in [0.4, 0.5) is 0 Å². The Hall–Kier alpha value is -1.13. The standard InChI is InChI=1S/C15H23N3S/c1-2-16-15(19)17-11-13-5-7-14(8-6-13)12-18-9-3-4-10-18/h5-8H,2-4,9-12H2,1H3,(H2,16,17,19). The van der Waals surface area contributed by atoms with Crippen molar-refractivity contribution in [1.82, 2.24) is 15.5 Å². The quantitative estimate of drug-likeness (QED) is 0.807. The van der Waals surface area contributed by atoms with Gasteiger partial charge in [-0.25, -0.2) is 0 Å². The lowest BCUT2D eigenvalue weighted by Crippen LogP contribution is -2.34. The van der Waals surface area contributed by atoms with Crippen LogP contribution in [0.5, 0.6) is 0 Å². The molecule has 0 saturated carbocycles. The number of likely N-dealkylation sites (tertiary alicyclic amines) is 1. The zero-order valence-corrected chi connectivity index (χ0v) is 12.4. The van der Waals surface area contributed by atoms with E-state index in [-0.39, 0.29) is 0 Å². The molecule has 0 aromatic heterocycles. The van der Waals surface area contributed by atoms with E-state index in [4.69, 9.17) is 12.2 Å². The monoisotopic (exact) mass is 277 g/mol. The lowest BCUT2D eigenvalue weighted by molar-refractivity contribution is 0.331. The third-order valence-electron chi connectivity index (χ3n) is 3.42. The molecule has 0 bridgehead atoms. The van der Waals surface area contributed by atoms with E-state index in [1.165, 1.54) is 37.1 Å². The minimum atomic E-state index is 0.726.